The minimum atomic E-state index is -3.55. The van der Waals surface area contributed by atoms with Gasteiger partial charge in [0.05, 0.1) is 4.90 Å². The Kier molecular flexibility index (Phi) is 6.15. The molecule has 0 spiro atoms. The van der Waals surface area contributed by atoms with E-state index in [9.17, 15) is 12.8 Å². The minimum absolute atomic E-state index is 0.204. The van der Waals surface area contributed by atoms with Crippen LogP contribution in [0.1, 0.15) is 12.0 Å². The van der Waals surface area contributed by atoms with Crippen molar-refractivity contribution < 1.29 is 12.8 Å². The molecule has 0 atom stereocenters. The van der Waals surface area contributed by atoms with E-state index in [1.54, 1.807) is 47.4 Å². The third-order valence-electron chi connectivity index (χ3n) is 3.90. The Bertz CT molecular complexity index is 942. The molecule has 27 heavy (non-hydrogen) atoms. The largest absolute Gasteiger partial charge is 0.381 e. The fraction of sp³-hybridized carbons (Fsp3) is 0.222. The number of aromatic nitrogens is 3. The molecular weight excluding hydrogens is 369 g/mol. The lowest BCUT2D eigenvalue weighted by atomic mass is 10.2. The number of benzene rings is 2. The predicted octanol–water partition coefficient (Wildman–Crippen LogP) is 2.40. The first-order chi connectivity index (χ1) is 13.0. The molecule has 9 heteroatoms. The summed E-state index contributed by atoms with van der Waals surface area (Å²) in [6, 6.07) is 12.7. The third-order valence-corrected chi connectivity index (χ3v) is 5.37. The van der Waals surface area contributed by atoms with Crippen LogP contribution >= 0.6 is 0 Å². The molecule has 0 saturated heterocycles. The van der Waals surface area contributed by atoms with Gasteiger partial charge < -0.3 is 5.32 Å². The fourth-order valence-corrected chi connectivity index (χ4v) is 3.51. The lowest BCUT2D eigenvalue weighted by Gasteiger charge is -2.09. The summed E-state index contributed by atoms with van der Waals surface area (Å²) in [6.07, 6.45) is 3.64. The molecule has 1 aromatic heterocycles. The lowest BCUT2D eigenvalue weighted by molar-refractivity contribution is 0.552. The van der Waals surface area contributed by atoms with Crippen molar-refractivity contribution in [2.75, 3.05) is 11.9 Å². The summed E-state index contributed by atoms with van der Waals surface area (Å²) in [5.41, 5.74) is 1.71. The molecule has 0 fully saturated rings. The second kappa shape index (κ2) is 8.74. The Labute approximate surface area is 157 Å². The van der Waals surface area contributed by atoms with Gasteiger partial charge in [-0.15, -0.1) is 0 Å². The average molecular weight is 389 g/mol. The molecule has 0 bridgehead atoms. The van der Waals surface area contributed by atoms with Gasteiger partial charge in [0.1, 0.15) is 18.5 Å². The summed E-state index contributed by atoms with van der Waals surface area (Å²) in [4.78, 5) is 4.04. The number of nitrogens with one attached hydrogen (secondary N) is 2. The minimum Gasteiger partial charge on any atom is -0.381 e. The molecule has 0 aliphatic rings. The maximum Gasteiger partial charge on any atom is 0.240 e. The van der Waals surface area contributed by atoms with Crippen molar-refractivity contribution in [3.05, 3.63) is 72.6 Å². The number of nitrogens with zero attached hydrogens (tertiary/aromatic N) is 3. The Morgan fingerprint density at radius 2 is 1.78 bits per heavy atom. The maximum absolute atomic E-state index is 12.9. The standard InChI is InChI=1S/C18H20FN5O2S/c19-16-4-2-15(3-5-16)12-21-17-6-8-18(9-7-17)27(25,26)23-10-1-11-24-14-20-13-22-24/h2-9,13-14,21,23H,1,10-12H2. The van der Waals surface area contributed by atoms with Crippen LogP contribution in [0.3, 0.4) is 0 Å². The number of halogens is 1. The molecule has 3 rings (SSSR count). The Balaban J connectivity index is 1.49. The van der Waals surface area contributed by atoms with Crippen molar-refractivity contribution >= 4 is 15.7 Å². The molecule has 3 aromatic rings. The second-order valence-electron chi connectivity index (χ2n) is 5.91. The SMILES string of the molecule is O=S(=O)(NCCCn1cncn1)c1ccc(NCc2ccc(F)cc2)cc1. The fourth-order valence-electron chi connectivity index (χ4n) is 2.44. The summed E-state index contributed by atoms with van der Waals surface area (Å²) >= 11 is 0. The summed E-state index contributed by atoms with van der Waals surface area (Å²) in [5.74, 6) is -0.276. The van der Waals surface area contributed by atoms with E-state index in [-0.39, 0.29) is 10.7 Å². The van der Waals surface area contributed by atoms with Crippen LogP contribution in [0, 0.1) is 5.82 Å². The van der Waals surface area contributed by atoms with Crippen LogP contribution < -0.4 is 10.0 Å². The van der Waals surface area contributed by atoms with E-state index in [4.69, 9.17) is 0 Å². The highest BCUT2D eigenvalue weighted by Gasteiger charge is 2.13. The first-order valence-corrected chi connectivity index (χ1v) is 9.92. The molecule has 0 unspecified atom stereocenters. The molecule has 142 valence electrons. The van der Waals surface area contributed by atoms with Gasteiger partial charge in [0.25, 0.3) is 0 Å². The van der Waals surface area contributed by atoms with Crippen LogP contribution in [0.4, 0.5) is 10.1 Å². The highest BCUT2D eigenvalue weighted by atomic mass is 32.2. The molecule has 0 aliphatic carbocycles. The van der Waals surface area contributed by atoms with E-state index in [0.717, 1.165) is 11.3 Å². The highest BCUT2D eigenvalue weighted by molar-refractivity contribution is 7.89. The van der Waals surface area contributed by atoms with Gasteiger partial charge in [0.2, 0.25) is 10.0 Å². The van der Waals surface area contributed by atoms with E-state index in [0.29, 0.717) is 26.1 Å². The van der Waals surface area contributed by atoms with Crippen LogP contribution in [-0.4, -0.2) is 29.7 Å². The maximum atomic E-state index is 12.9. The Hall–Kier alpha value is -2.78. The number of aryl methyl sites for hydroxylation is 1. The van der Waals surface area contributed by atoms with Gasteiger partial charge in [0, 0.05) is 25.3 Å². The topological polar surface area (TPSA) is 88.9 Å². The lowest BCUT2D eigenvalue weighted by Crippen LogP contribution is -2.25. The normalized spacial score (nSPS) is 11.4. The zero-order chi connectivity index (χ0) is 19.1. The first kappa shape index (κ1) is 19.0. The quantitative estimate of drug-likeness (QED) is 0.549. The molecule has 0 amide bonds. The molecule has 2 N–H and O–H groups in total. The number of hydrogen-bond donors (Lipinski definition) is 2. The zero-order valence-corrected chi connectivity index (χ0v) is 15.4. The predicted molar refractivity (Wildman–Crippen MR) is 100.0 cm³/mol. The Morgan fingerprint density at radius 1 is 1.04 bits per heavy atom. The highest BCUT2D eigenvalue weighted by Crippen LogP contribution is 2.15. The van der Waals surface area contributed by atoms with Crippen molar-refractivity contribution in [2.24, 2.45) is 0 Å². The monoisotopic (exact) mass is 389 g/mol. The molecule has 0 aliphatic heterocycles. The van der Waals surface area contributed by atoms with Crippen molar-refractivity contribution in [3.8, 4) is 0 Å². The average Bonchev–Trinajstić information content (AvgIpc) is 3.19. The second-order valence-corrected chi connectivity index (χ2v) is 7.68. The first-order valence-electron chi connectivity index (χ1n) is 8.43. The van der Waals surface area contributed by atoms with Crippen molar-refractivity contribution in [1.29, 1.82) is 0 Å². The third kappa shape index (κ3) is 5.60. The van der Waals surface area contributed by atoms with Crippen LogP contribution in [0.5, 0.6) is 0 Å². The molecule has 1 heterocycles. The van der Waals surface area contributed by atoms with E-state index in [1.807, 2.05) is 0 Å². The van der Waals surface area contributed by atoms with Gasteiger partial charge in [0.15, 0.2) is 0 Å². The van der Waals surface area contributed by atoms with E-state index >= 15 is 0 Å². The number of sulfonamides is 1. The smallest absolute Gasteiger partial charge is 0.240 e. The Morgan fingerprint density at radius 3 is 2.44 bits per heavy atom. The van der Waals surface area contributed by atoms with Crippen LogP contribution in [0.15, 0.2) is 66.1 Å². The van der Waals surface area contributed by atoms with Gasteiger partial charge >= 0.3 is 0 Å². The van der Waals surface area contributed by atoms with Gasteiger partial charge in [-0.05, 0) is 48.4 Å². The number of anilines is 1. The molecule has 0 radical (unpaired) electrons. The van der Waals surface area contributed by atoms with Gasteiger partial charge in [-0.3, -0.25) is 4.68 Å². The summed E-state index contributed by atoms with van der Waals surface area (Å²) in [7, 11) is -3.55. The van der Waals surface area contributed by atoms with Crippen LogP contribution in [-0.2, 0) is 23.1 Å². The summed E-state index contributed by atoms with van der Waals surface area (Å²) < 4.78 is 41.8. The summed E-state index contributed by atoms with van der Waals surface area (Å²) in [6.45, 7) is 1.43. The van der Waals surface area contributed by atoms with Gasteiger partial charge in [-0.1, -0.05) is 12.1 Å². The van der Waals surface area contributed by atoms with Crippen LogP contribution in [0.2, 0.25) is 0 Å². The van der Waals surface area contributed by atoms with Crippen LogP contribution in [0.25, 0.3) is 0 Å². The number of rotatable bonds is 9. The summed E-state index contributed by atoms with van der Waals surface area (Å²) in [5, 5.41) is 7.14. The number of hydrogen-bond acceptors (Lipinski definition) is 5. The molecule has 7 nitrogen and oxygen atoms in total. The van der Waals surface area contributed by atoms with Gasteiger partial charge in [-0.25, -0.2) is 22.5 Å². The van der Waals surface area contributed by atoms with E-state index in [1.165, 1.54) is 18.5 Å². The van der Waals surface area contributed by atoms with E-state index in [2.05, 4.69) is 20.1 Å². The van der Waals surface area contributed by atoms with Crippen molar-refractivity contribution in [3.63, 3.8) is 0 Å². The van der Waals surface area contributed by atoms with Crippen molar-refractivity contribution in [2.45, 2.75) is 24.4 Å². The zero-order valence-electron chi connectivity index (χ0n) is 14.5. The molecular formula is C18H20FN5O2S. The van der Waals surface area contributed by atoms with E-state index < -0.39 is 10.0 Å². The molecule has 2 aromatic carbocycles. The van der Waals surface area contributed by atoms with Crippen molar-refractivity contribution in [1.82, 2.24) is 19.5 Å². The van der Waals surface area contributed by atoms with Gasteiger partial charge in [-0.2, -0.15) is 5.10 Å². The molecule has 0 saturated carbocycles.